The highest BCUT2D eigenvalue weighted by molar-refractivity contribution is 5.97. The lowest BCUT2D eigenvalue weighted by Crippen LogP contribution is -2.42. The van der Waals surface area contributed by atoms with Crippen LogP contribution < -0.4 is 5.32 Å². The van der Waals surface area contributed by atoms with Crippen molar-refractivity contribution < 1.29 is 14.7 Å². The number of nitrogens with zero attached hydrogens (tertiary/aromatic N) is 1. The summed E-state index contributed by atoms with van der Waals surface area (Å²) in [6.07, 6.45) is 8.12. The van der Waals surface area contributed by atoms with E-state index in [0.717, 1.165) is 6.42 Å². The predicted octanol–water partition coefficient (Wildman–Crippen LogP) is 2.87. The maximum atomic E-state index is 12.7. The highest BCUT2D eigenvalue weighted by atomic mass is 16.4. The summed E-state index contributed by atoms with van der Waals surface area (Å²) in [7, 11) is 0. The number of carbonyl (C=O) groups excluding carboxylic acids is 1. The van der Waals surface area contributed by atoms with E-state index in [9.17, 15) is 9.59 Å². The van der Waals surface area contributed by atoms with Gasteiger partial charge in [0.25, 0.3) is 5.91 Å². The van der Waals surface area contributed by atoms with E-state index in [2.05, 4.69) is 34.6 Å². The van der Waals surface area contributed by atoms with Crippen LogP contribution in [0.5, 0.6) is 0 Å². The van der Waals surface area contributed by atoms with Gasteiger partial charge in [-0.05, 0) is 29.9 Å². The molecule has 25 heavy (non-hydrogen) atoms. The Labute approximate surface area is 145 Å². The molecule has 0 aliphatic heterocycles. The Morgan fingerprint density at radius 1 is 1.04 bits per heavy atom. The van der Waals surface area contributed by atoms with Crippen molar-refractivity contribution in [3.63, 3.8) is 0 Å². The molecular formula is C20H18N2O3. The molecule has 1 aromatic carbocycles. The Balaban J connectivity index is 1.59. The van der Waals surface area contributed by atoms with E-state index in [1.54, 1.807) is 0 Å². The van der Waals surface area contributed by atoms with Crippen LogP contribution in [0.15, 0.2) is 60.9 Å². The molecule has 1 amide bonds. The molecule has 126 valence electrons. The van der Waals surface area contributed by atoms with Crippen molar-refractivity contribution in [1.29, 1.82) is 0 Å². The third-order valence-corrected chi connectivity index (χ3v) is 5.19. The number of hydrogen-bond donors (Lipinski definition) is 2. The number of carboxylic acids is 1. The topological polar surface area (TPSA) is 79.3 Å². The highest BCUT2D eigenvalue weighted by Crippen LogP contribution is 2.49. The molecule has 2 aromatic rings. The molecule has 5 nitrogen and oxygen atoms in total. The van der Waals surface area contributed by atoms with E-state index in [-0.39, 0.29) is 29.0 Å². The number of aromatic nitrogens is 1. The third kappa shape index (κ3) is 2.82. The second-order valence-corrected chi connectivity index (χ2v) is 6.65. The first-order valence-corrected chi connectivity index (χ1v) is 8.36. The summed E-state index contributed by atoms with van der Waals surface area (Å²) in [4.78, 5) is 27.6. The molecule has 1 aromatic heterocycles. The Morgan fingerprint density at radius 3 is 2.52 bits per heavy atom. The van der Waals surface area contributed by atoms with Crippen LogP contribution in [-0.4, -0.2) is 28.0 Å². The van der Waals surface area contributed by atoms with E-state index in [4.69, 9.17) is 5.11 Å². The standard InChI is InChI=1S/C20H18N2O3/c23-19(15-9-16(20(24)25)11-21-10-15)22-18-14-7-6-13(8-14)17(18)12-4-2-1-3-5-12/h1-7,9-11,13-14,17-18H,8H2,(H,22,23)(H,24,25)/t13-,14+,17+,18+/m1/s1. The first-order chi connectivity index (χ1) is 12.1. The first kappa shape index (κ1) is 15.6. The molecule has 2 aliphatic rings. The van der Waals surface area contributed by atoms with Gasteiger partial charge in [-0.25, -0.2) is 4.79 Å². The van der Waals surface area contributed by atoms with E-state index < -0.39 is 5.97 Å². The molecule has 2 aliphatic carbocycles. The number of hydrogen-bond acceptors (Lipinski definition) is 3. The van der Waals surface area contributed by atoms with E-state index in [1.807, 2.05) is 18.2 Å². The van der Waals surface area contributed by atoms with Gasteiger partial charge in [0.15, 0.2) is 0 Å². The average Bonchev–Trinajstić information content (AvgIpc) is 3.24. The molecule has 1 heterocycles. The molecule has 1 saturated carbocycles. The molecule has 2 bridgehead atoms. The Kier molecular flexibility index (Phi) is 3.84. The van der Waals surface area contributed by atoms with Crippen LogP contribution in [0, 0.1) is 11.8 Å². The van der Waals surface area contributed by atoms with Crippen LogP contribution in [0.1, 0.15) is 38.6 Å². The zero-order chi connectivity index (χ0) is 17.4. The number of aromatic carboxylic acids is 1. The van der Waals surface area contributed by atoms with Gasteiger partial charge in [-0.3, -0.25) is 9.78 Å². The van der Waals surface area contributed by atoms with Gasteiger partial charge in [-0.2, -0.15) is 0 Å². The maximum absolute atomic E-state index is 12.7. The van der Waals surface area contributed by atoms with E-state index >= 15 is 0 Å². The highest BCUT2D eigenvalue weighted by Gasteiger charge is 2.45. The van der Waals surface area contributed by atoms with Crippen molar-refractivity contribution in [1.82, 2.24) is 10.3 Å². The van der Waals surface area contributed by atoms with Crippen LogP contribution in [-0.2, 0) is 0 Å². The van der Waals surface area contributed by atoms with Crippen LogP contribution in [0.4, 0.5) is 0 Å². The molecule has 0 spiro atoms. The zero-order valence-corrected chi connectivity index (χ0v) is 13.5. The predicted molar refractivity (Wildman–Crippen MR) is 92.4 cm³/mol. The van der Waals surface area contributed by atoms with Gasteiger partial charge in [0.05, 0.1) is 11.1 Å². The average molecular weight is 334 g/mol. The second kappa shape index (κ2) is 6.16. The van der Waals surface area contributed by atoms with Gasteiger partial charge < -0.3 is 10.4 Å². The fourth-order valence-electron chi connectivity index (χ4n) is 4.06. The van der Waals surface area contributed by atoms with Crippen LogP contribution in [0.25, 0.3) is 0 Å². The number of rotatable bonds is 4. The molecule has 0 radical (unpaired) electrons. The minimum absolute atomic E-state index is 0.0124. The molecule has 4 atom stereocenters. The van der Waals surface area contributed by atoms with Crippen molar-refractivity contribution in [3.05, 3.63) is 77.6 Å². The fourth-order valence-corrected chi connectivity index (χ4v) is 4.06. The van der Waals surface area contributed by atoms with Gasteiger partial charge in [0.1, 0.15) is 0 Å². The number of carbonyl (C=O) groups is 2. The van der Waals surface area contributed by atoms with E-state index in [1.165, 1.54) is 24.0 Å². The minimum atomic E-state index is -1.09. The summed E-state index contributed by atoms with van der Waals surface area (Å²) >= 11 is 0. The second-order valence-electron chi connectivity index (χ2n) is 6.65. The Morgan fingerprint density at radius 2 is 1.76 bits per heavy atom. The molecule has 4 rings (SSSR count). The first-order valence-electron chi connectivity index (χ1n) is 8.36. The number of pyridine rings is 1. The molecule has 1 fully saturated rings. The Bertz CT molecular complexity index is 847. The van der Waals surface area contributed by atoms with Crippen LogP contribution >= 0.6 is 0 Å². The lowest BCUT2D eigenvalue weighted by Gasteiger charge is -2.29. The molecule has 5 heteroatoms. The van der Waals surface area contributed by atoms with Crippen molar-refractivity contribution in [3.8, 4) is 0 Å². The van der Waals surface area contributed by atoms with Crippen molar-refractivity contribution in [2.24, 2.45) is 11.8 Å². The molecule has 2 N–H and O–H groups in total. The zero-order valence-electron chi connectivity index (χ0n) is 13.5. The smallest absolute Gasteiger partial charge is 0.337 e. The van der Waals surface area contributed by atoms with Crippen LogP contribution in [0.2, 0.25) is 0 Å². The summed E-state index contributed by atoms with van der Waals surface area (Å²) in [6.45, 7) is 0. The lowest BCUT2D eigenvalue weighted by molar-refractivity contribution is 0.0696. The maximum Gasteiger partial charge on any atom is 0.337 e. The number of nitrogens with one attached hydrogen (secondary N) is 1. The van der Waals surface area contributed by atoms with Gasteiger partial charge in [0, 0.05) is 24.4 Å². The Hall–Kier alpha value is -2.95. The minimum Gasteiger partial charge on any atom is -0.478 e. The number of fused-ring (bicyclic) bond motifs is 2. The van der Waals surface area contributed by atoms with Gasteiger partial charge in [0.2, 0.25) is 0 Å². The van der Waals surface area contributed by atoms with Crippen molar-refractivity contribution in [2.45, 2.75) is 18.4 Å². The van der Waals surface area contributed by atoms with E-state index in [0.29, 0.717) is 11.8 Å². The summed E-state index contributed by atoms with van der Waals surface area (Å²) < 4.78 is 0. The van der Waals surface area contributed by atoms with Gasteiger partial charge >= 0.3 is 5.97 Å². The fraction of sp³-hybridized carbons (Fsp3) is 0.250. The third-order valence-electron chi connectivity index (χ3n) is 5.19. The van der Waals surface area contributed by atoms with Crippen molar-refractivity contribution >= 4 is 11.9 Å². The normalized spacial score (nSPS) is 26.6. The quantitative estimate of drug-likeness (QED) is 0.843. The molecular weight excluding hydrogens is 316 g/mol. The summed E-state index contributed by atoms with van der Waals surface area (Å²) in [5.74, 6) is -0.374. The number of carboxylic acid groups (broad SMARTS) is 1. The van der Waals surface area contributed by atoms with Crippen LogP contribution in [0.3, 0.4) is 0 Å². The van der Waals surface area contributed by atoms with Gasteiger partial charge in [-0.15, -0.1) is 0 Å². The monoisotopic (exact) mass is 334 g/mol. The molecule has 0 unspecified atom stereocenters. The largest absolute Gasteiger partial charge is 0.478 e. The SMILES string of the molecule is O=C(O)c1cncc(C(=O)N[C@@H]2[C@@H](c3ccccc3)[C@@H]3C=C[C@H]2C3)c1. The summed E-state index contributed by atoms with van der Waals surface area (Å²) in [6, 6.07) is 11.6. The summed E-state index contributed by atoms with van der Waals surface area (Å²) in [5, 5.41) is 12.2. The number of allylic oxidation sites excluding steroid dienone is 1. The molecule has 0 saturated heterocycles. The number of amides is 1. The van der Waals surface area contributed by atoms with Gasteiger partial charge in [-0.1, -0.05) is 42.5 Å². The number of benzene rings is 1. The summed E-state index contributed by atoms with van der Waals surface area (Å²) in [5.41, 5.74) is 1.51. The lowest BCUT2D eigenvalue weighted by atomic mass is 9.83. The van der Waals surface area contributed by atoms with Crippen molar-refractivity contribution in [2.75, 3.05) is 0 Å².